The highest BCUT2D eigenvalue weighted by molar-refractivity contribution is 7.00. The highest BCUT2D eigenvalue weighted by Gasteiger charge is 2.52. The van der Waals surface area contributed by atoms with E-state index in [2.05, 4.69) is 116 Å². The lowest BCUT2D eigenvalue weighted by molar-refractivity contribution is 0.106. The van der Waals surface area contributed by atoms with Crippen molar-refractivity contribution in [2.45, 2.75) is 76.5 Å². The van der Waals surface area contributed by atoms with Crippen molar-refractivity contribution in [3.8, 4) is 23.0 Å². The van der Waals surface area contributed by atoms with E-state index in [0.717, 1.165) is 81.1 Å². The van der Waals surface area contributed by atoms with E-state index < -0.39 is 14.4 Å². The molecule has 0 saturated carbocycles. The van der Waals surface area contributed by atoms with Crippen LogP contribution >= 0.6 is 0 Å². The zero-order chi connectivity index (χ0) is 43.8. The minimum atomic E-state index is -2.73. The van der Waals surface area contributed by atoms with Gasteiger partial charge in [-0.25, -0.2) is 4.79 Å². The van der Waals surface area contributed by atoms with E-state index >= 15 is 0 Å². The molecule has 11 heteroatoms. The number of carbonyl (C=O) groups is 1. The average molecular weight is 859 g/mol. The lowest BCUT2D eigenvalue weighted by Crippen LogP contribution is -2.68. The van der Waals surface area contributed by atoms with Crippen molar-refractivity contribution < 1.29 is 28.5 Å². The van der Waals surface area contributed by atoms with E-state index in [0.29, 0.717) is 24.9 Å². The van der Waals surface area contributed by atoms with Crippen LogP contribution in [0.3, 0.4) is 0 Å². The Morgan fingerprint density at radius 3 is 1.97 bits per heavy atom. The number of urea groups is 1. The molecule has 1 heterocycles. The summed E-state index contributed by atoms with van der Waals surface area (Å²) in [6.07, 6.45) is 4.85. The van der Waals surface area contributed by atoms with Crippen molar-refractivity contribution in [1.29, 1.82) is 0 Å². The molecule has 1 fully saturated rings. The van der Waals surface area contributed by atoms with Gasteiger partial charge in [-0.1, -0.05) is 99.6 Å². The first kappa shape index (κ1) is 46.0. The fraction of sp³-hybridized carbons (Fsp3) is 0.392. The number of aliphatic hydroxyl groups excluding tert-OH is 1. The maximum absolute atomic E-state index is 12.8. The molecule has 0 aromatic heterocycles. The van der Waals surface area contributed by atoms with Crippen LogP contribution in [0.15, 0.2) is 127 Å². The lowest BCUT2D eigenvalue weighted by atomic mass is 10.0. The number of hydrogen-bond acceptors (Lipinski definition) is 8. The Balaban J connectivity index is 0.850. The first-order valence-corrected chi connectivity index (χ1v) is 24.0. The first-order chi connectivity index (χ1) is 30.1. The molecule has 5 aromatic carbocycles. The average Bonchev–Trinajstić information content (AvgIpc) is 3.30. The largest absolute Gasteiger partial charge is 0.534 e. The van der Waals surface area contributed by atoms with E-state index in [1.165, 1.54) is 21.5 Å². The van der Waals surface area contributed by atoms with Gasteiger partial charge in [0, 0.05) is 37.9 Å². The summed E-state index contributed by atoms with van der Waals surface area (Å²) >= 11 is 0. The second-order valence-corrected chi connectivity index (χ2v) is 21.4. The number of hydrogen-bond donors (Lipinski definition) is 4. The minimum Gasteiger partial charge on any atom is -0.534 e. The molecule has 1 saturated heterocycles. The number of unbranched alkanes of at least 4 members (excludes halogenated alkanes) is 1. The zero-order valence-corrected chi connectivity index (χ0v) is 38.2. The number of piperidine rings is 1. The Morgan fingerprint density at radius 1 is 0.742 bits per heavy atom. The van der Waals surface area contributed by atoms with Crippen LogP contribution in [0.4, 0.5) is 10.5 Å². The molecule has 1 aliphatic heterocycles. The summed E-state index contributed by atoms with van der Waals surface area (Å²) in [5, 5.41) is 23.1. The molecule has 6 rings (SSSR count). The molecule has 0 spiro atoms. The van der Waals surface area contributed by atoms with Crippen LogP contribution in [-0.4, -0.2) is 90.1 Å². The molecule has 1 atom stereocenters. The van der Waals surface area contributed by atoms with Gasteiger partial charge in [0.25, 0.3) is 0 Å². The molecule has 10 nitrogen and oxygen atoms in total. The molecular formula is C51H66N4O6Si. The number of benzene rings is 5. The normalized spacial score (nSPS) is 13.9. The number of rotatable bonds is 21. The fourth-order valence-corrected chi connectivity index (χ4v) is 12.6. The van der Waals surface area contributed by atoms with Gasteiger partial charge in [0.15, 0.2) is 11.5 Å². The number of ether oxygens (including phenoxy) is 3. The summed E-state index contributed by atoms with van der Waals surface area (Å²) in [5.74, 6) is 2.96. The summed E-state index contributed by atoms with van der Waals surface area (Å²) in [5.41, 5.74) is 3.52. The number of anilines is 1. The molecule has 0 radical (unpaired) electrons. The third-order valence-corrected chi connectivity index (χ3v) is 16.6. The molecule has 0 aliphatic carbocycles. The number of amides is 2. The molecule has 330 valence electrons. The number of aliphatic hydroxyl groups is 1. The van der Waals surface area contributed by atoms with Crippen molar-refractivity contribution in [1.82, 2.24) is 15.5 Å². The van der Waals surface area contributed by atoms with Crippen LogP contribution in [-0.2, 0) is 12.8 Å². The van der Waals surface area contributed by atoms with Gasteiger partial charge in [-0.05, 0) is 120 Å². The van der Waals surface area contributed by atoms with Gasteiger partial charge < -0.3 is 44.6 Å². The fourth-order valence-electron chi connectivity index (χ4n) is 8.21. The molecule has 2 amide bonds. The maximum Gasteiger partial charge on any atom is 0.319 e. The van der Waals surface area contributed by atoms with Crippen LogP contribution in [0.5, 0.6) is 23.0 Å². The first-order valence-electron chi connectivity index (χ1n) is 22.1. The van der Waals surface area contributed by atoms with Crippen molar-refractivity contribution in [2.24, 2.45) is 0 Å². The predicted octanol–water partition coefficient (Wildman–Crippen LogP) is 7.82. The summed E-state index contributed by atoms with van der Waals surface area (Å²) in [7, 11) is 0.561. The van der Waals surface area contributed by atoms with E-state index in [-0.39, 0.29) is 17.7 Å². The maximum atomic E-state index is 12.8. The third kappa shape index (κ3) is 12.6. The Labute approximate surface area is 370 Å². The molecule has 0 bridgehead atoms. The van der Waals surface area contributed by atoms with Crippen LogP contribution < -0.4 is 45.0 Å². The van der Waals surface area contributed by atoms with Gasteiger partial charge in [0.05, 0.1) is 14.2 Å². The molecule has 0 unspecified atom stereocenters. The lowest BCUT2D eigenvalue weighted by Gasteiger charge is -2.43. The SMILES string of the molecule is COc1ccc(CCCCNC(=O)N2CCC(Nc3ccc(CCNC[C@H](O)COc4ccc(O[Si](c5ccccc5)(c5ccccc5)C(C)(C)C)cc4)cc3)CC2)cc1OC. The second-order valence-electron chi connectivity index (χ2n) is 17.1. The van der Waals surface area contributed by atoms with Crippen molar-refractivity contribution in [3.63, 3.8) is 0 Å². The number of aryl methyl sites for hydroxylation is 1. The molecule has 1 aliphatic rings. The van der Waals surface area contributed by atoms with E-state index in [1.54, 1.807) is 14.2 Å². The Kier molecular flexibility index (Phi) is 16.7. The van der Waals surface area contributed by atoms with Crippen molar-refractivity contribution in [2.75, 3.05) is 58.9 Å². The summed E-state index contributed by atoms with van der Waals surface area (Å²) in [6.45, 7) is 10.3. The Bertz CT molecular complexity index is 2050. The number of nitrogens with one attached hydrogen (secondary N) is 3. The van der Waals surface area contributed by atoms with Gasteiger partial charge in [0.2, 0.25) is 0 Å². The van der Waals surface area contributed by atoms with E-state index in [1.807, 2.05) is 53.4 Å². The standard InChI is InChI=1S/C51H66N4O6Si/c1-51(2,3)62(46-15-8-6-9-16-46,47-17-10-7-11-18-47)61-45-26-24-44(25-27-45)60-38-43(56)37-52-33-29-39-19-22-41(23-20-39)54-42-30-34-55(35-31-42)50(57)53-32-13-12-14-40-21-28-48(58-4)49(36-40)59-5/h6-11,15-28,36,42-43,52,54,56H,12-14,29-35,37-38H2,1-5H3,(H,53,57)/t43-/m0/s1. The number of nitrogens with zero attached hydrogens (tertiary/aromatic N) is 1. The highest BCUT2D eigenvalue weighted by Crippen LogP contribution is 2.38. The van der Waals surface area contributed by atoms with Crippen LogP contribution in [0, 0.1) is 0 Å². The number of carbonyl (C=O) groups excluding carboxylic acids is 1. The molecule has 5 aromatic rings. The van der Waals surface area contributed by atoms with Gasteiger partial charge in [0.1, 0.15) is 24.2 Å². The third-order valence-electron chi connectivity index (χ3n) is 11.6. The van der Waals surface area contributed by atoms with Gasteiger partial charge in [-0.2, -0.15) is 0 Å². The second kappa shape index (κ2) is 22.6. The van der Waals surface area contributed by atoms with E-state index in [4.69, 9.17) is 18.6 Å². The van der Waals surface area contributed by atoms with Crippen LogP contribution in [0.1, 0.15) is 57.6 Å². The number of likely N-dealkylation sites (tertiary alicyclic amines) is 1. The Morgan fingerprint density at radius 2 is 1.35 bits per heavy atom. The van der Waals surface area contributed by atoms with Crippen molar-refractivity contribution in [3.05, 3.63) is 139 Å². The van der Waals surface area contributed by atoms with Gasteiger partial charge in [-0.15, -0.1) is 0 Å². The monoisotopic (exact) mass is 858 g/mol. The minimum absolute atomic E-state index is 0.0242. The zero-order valence-electron chi connectivity index (χ0n) is 37.2. The summed E-state index contributed by atoms with van der Waals surface area (Å²) < 4.78 is 23.8. The summed E-state index contributed by atoms with van der Waals surface area (Å²) in [4.78, 5) is 14.7. The van der Waals surface area contributed by atoms with Crippen LogP contribution in [0.2, 0.25) is 5.04 Å². The quantitative estimate of drug-likeness (QED) is 0.0437. The van der Waals surface area contributed by atoms with E-state index in [9.17, 15) is 9.90 Å². The van der Waals surface area contributed by atoms with Gasteiger partial charge in [-0.3, -0.25) is 0 Å². The summed E-state index contributed by atoms with van der Waals surface area (Å²) in [6, 6.07) is 43.9. The highest BCUT2D eigenvalue weighted by atomic mass is 28.4. The Hall–Kier alpha value is -5.49. The van der Waals surface area contributed by atoms with Crippen LogP contribution in [0.25, 0.3) is 0 Å². The smallest absolute Gasteiger partial charge is 0.319 e. The predicted molar refractivity (Wildman–Crippen MR) is 253 cm³/mol. The molecule has 4 N–H and O–H groups in total. The molecular weight excluding hydrogens is 793 g/mol. The number of methoxy groups -OCH3 is 2. The van der Waals surface area contributed by atoms with Crippen molar-refractivity contribution >= 4 is 30.4 Å². The topological polar surface area (TPSA) is 114 Å². The van der Waals surface area contributed by atoms with Gasteiger partial charge >= 0.3 is 14.3 Å². The molecule has 62 heavy (non-hydrogen) atoms.